The van der Waals surface area contributed by atoms with E-state index < -0.39 is 4.92 Å². The molecule has 1 aliphatic rings. The molecule has 0 aromatic carbocycles. The smallest absolute Gasteiger partial charge is 0.312 e. The van der Waals surface area contributed by atoms with E-state index in [1.807, 2.05) is 0 Å². The van der Waals surface area contributed by atoms with E-state index in [0.717, 1.165) is 25.7 Å². The molecule has 1 aromatic rings. The molecule has 1 aliphatic carbocycles. The normalized spacial score (nSPS) is 23.7. The van der Waals surface area contributed by atoms with Crippen molar-refractivity contribution in [3.63, 3.8) is 0 Å². The Bertz CT molecular complexity index is 447. The summed E-state index contributed by atoms with van der Waals surface area (Å²) in [7, 11) is 0. The first-order chi connectivity index (χ1) is 8.56. The molecule has 3 N–H and O–H groups in total. The second kappa shape index (κ2) is 5.49. The monoisotopic (exact) mass is 270 g/mol. The average Bonchev–Trinajstić information content (AvgIpc) is 2.34. The Kier molecular flexibility index (Phi) is 3.98. The molecule has 0 bridgehead atoms. The maximum atomic E-state index is 10.9. The van der Waals surface area contributed by atoms with Crippen LogP contribution in [0, 0.1) is 10.1 Å². The first kappa shape index (κ1) is 13.0. The molecule has 7 heteroatoms. The van der Waals surface area contributed by atoms with Crippen LogP contribution in [-0.2, 0) is 0 Å². The van der Waals surface area contributed by atoms with Crippen molar-refractivity contribution in [1.29, 1.82) is 0 Å². The topological polar surface area (TPSA) is 94.1 Å². The van der Waals surface area contributed by atoms with E-state index in [4.69, 9.17) is 17.3 Å². The summed E-state index contributed by atoms with van der Waals surface area (Å²) < 4.78 is 0. The Morgan fingerprint density at radius 1 is 1.44 bits per heavy atom. The number of nitrogens with one attached hydrogen (secondary N) is 1. The Labute approximate surface area is 110 Å². The fraction of sp³-hybridized carbons (Fsp3) is 0.545. The highest BCUT2D eigenvalue weighted by Crippen LogP contribution is 2.28. The van der Waals surface area contributed by atoms with E-state index >= 15 is 0 Å². The molecule has 1 aromatic heterocycles. The van der Waals surface area contributed by atoms with Crippen LogP contribution >= 0.6 is 11.6 Å². The molecule has 0 radical (unpaired) electrons. The third-order valence-electron chi connectivity index (χ3n) is 3.14. The van der Waals surface area contributed by atoms with Crippen molar-refractivity contribution in [2.45, 2.75) is 37.8 Å². The van der Waals surface area contributed by atoms with Crippen LogP contribution in [0.2, 0.25) is 5.02 Å². The summed E-state index contributed by atoms with van der Waals surface area (Å²) in [6, 6.07) is 1.75. The molecule has 1 fully saturated rings. The molecule has 6 nitrogen and oxygen atoms in total. The van der Waals surface area contributed by atoms with Crippen LogP contribution in [0.1, 0.15) is 25.7 Å². The van der Waals surface area contributed by atoms with Gasteiger partial charge in [-0.2, -0.15) is 0 Å². The fourth-order valence-corrected chi connectivity index (χ4v) is 2.29. The number of nitrogens with zero attached hydrogens (tertiary/aromatic N) is 2. The van der Waals surface area contributed by atoms with Gasteiger partial charge in [-0.05, 0) is 25.7 Å². The first-order valence-corrected chi connectivity index (χ1v) is 6.26. The third kappa shape index (κ3) is 3.08. The Hall–Kier alpha value is -1.40. The van der Waals surface area contributed by atoms with Gasteiger partial charge in [0.25, 0.3) is 0 Å². The maximum absolute atomic E-state index is 10.9. The molecule has 18 heavy (non-hydrogen) atoms. The second-order valence-electron chi connectivity index (χ2n) is 4.53. The lowest BCUT2D eigenvalue weighted by molar-refractivity contribution is -0.384. The summed E-state index contributed by atoms with van der Waals surface area (Å²) in [5.74, 6) is 0.282. The van der Waals surface area contributed by atoms with E-state index in [2.05, 4.69) is 10.3 Å². The molecule has 2 rings (SSSR count). The lowest BCUT2D eigenvalue weighted by Gasteiger charge is -2.26. The molecule has 0 amide bonds. The predicted octanol–water partition coefficient (Wildman–Crippen LogP) is 2.33. The standard InChI is InChI=1S/C11H15ClN4O2/c12-7-5-10(16(17)18)11(14-6-7)15-9-3-1-8(13)2-4-9/h5-6,8-9H,1-4,13H2,(H,14,15). The van der Waals surface area contributed by atoms with E-state index in [-0.39, 0.29) is 28.6 Å². The number of anilines is 1. The van der Waals surface area contributed by atoms with Gasteiger partial charge in [0.05, 0.1) is 9.95 Å². The zero-order valence-corrected chi connectivity index (χ0v) is 10.6. The summed E-state index contributed by atoms with van der Waals surface area (Å²) in [5.41, 5.74) is 5.73. The van der Waals surface area contributed by atoms with Crippen molar-refractivity contribution in [3.8, 4) is 0 Å². The van der Waals surface area contributed by atoms with Crippen molar-refractivity contribution < 1.29 is 4.92 Å². The highest BCUT2D eigenvalue weighted by Gasteiger charge is 2.22. The largest absolute Gasteiger partial charge is 0.362 e. The molecule has 0 atom stereocenters. The van der Waals surface area contributed by atoms with Crippen LogP contribution in [0.3, 0.4) is 0 Å². The number of aromatic nitrogens is 1. The molecule has 1 heterocycles. The van der Waals surface area contributed by atoms with Gasteiger partial charge in [-0.3, -0.25) is 10.1 Å². The first-order valence-electron chi connectivity index (χ1n) is 5.88. The Balaban J connectivity index is 2.11. The zero-order chi connectivity index (χ0) is 13.1. The Morgan fingerprint density at radius 2 is 2.11 bits per heavy atom. The summed E-state index contributed by atoms with van der Waals surface area (Å²) in [6.07, 6.45) is 5.08. The van der Waals surface area contributed by atoms with Gasteiger partial charge in [-0.25, -0.2) is 4.98 Å². The highest BCUT2D eigenvalue weighted by atomic mass is 35.5. The minimum Gasteiger partial charge on any atom is -0.362 e. The van der Waals surface area contributed by atoms with Gasteiger partial charge in [0.2, 0.25) is 5.82 Å². The van der Waals surface area contributed by atoms with Crippen molar-refractivity contribution in [3.05, 3.63) is 27.4 Å². The molecule has 0 spiro atoms. The van der Waals surface area contributed by atoms with Gasteiger partial charge in [0, 0.05) is 24.3 Å². The predicted molar refractivity (Wildman–Crippen MR) is 69.8 cm³/mol. The zero-order valence-electron chi connectivity index (χ0n) is 9.80. The lowest BCUT2D eigenvalue weighted by Crippen LogP contribution is -2.33. The minimum atomic E-state index is -0.476. The van der Waals surface area contributed by atoms with Crippen molar-refractivity contribution >= 4 is 23.1 Å². The van der Waals surface area contributed by atoms with Gasteiger partial charge in [0.1, 0.15) is 0 Å². The SMILES string of the molecule is NC1CCC(Nc2ncc(Cl)cc2[N+](=O)[O-])CC1. The van der Waals surface area contributed by atoms with Crippen LogP contribution in [0.25, 0.3) is 0 Å². The lowest BCUT2D eigenvalue weighted by atomic mass is 9.92. The molecule has 98 valence electrons. The van der Waals surface area contributed by atoms with E-state index in [9.17, 15) is 10.1 Å². The fourth-order valence-electron chi connectivity index (χ4n) is 2.14. The second-order valence-corrected chi connectivity index (χ2v) is 4.97. The number of nitro groups is 1. The summed E-state index contributed by atoms with van der Waals surface area (Å²) in [6.45, 7) is 0. The summed E-state index contributed by atoms with van der Waals surface area (Å²) >= 11 is 5.71. The van der Waals surface area contributed by atoms with Gasteiger partial charge >= 0.3 is 5.69 Å². The quantitative estimate of drug-likeness (QED) is 0.649. The molecule has 1 saturated carbocycles. The summed E-state index contributed by atoms with van der Waals surface area (Å²) in [5, 5.41) is 14.3. The molecular formula is C11H15ClN4O2. The van der Waals surface area contributed by atoms with Gasteiger partial charge < -0.3 is 11.1 Å². The van der Waals surface area contributed by atoms with Gasteiger partial charge in [0.15, 0.2) is 0 Å². The van der Waals surface area contributed by atoms with Crippen molar-refractivity contribution in [1.82, 2.24) is 4.98 Å². The number of hydrogen-bond donors (Lipinski definition) is 2. The maximum Gasteiger partial charge on any atom is 0.312 e. The summed E-state index contributed by atoms with van der Waals surface area (Å²) in [4.78, 5) is 14.4. The van der Waals surface area contributed by atoms with Crippen LogP contribution in [0.5, 0.6) is 0 Å². The Morgan fingerprint density at radius 3 is 2.72 bits per heavy atom. The van der Waals surface area contributed by atoms with Crippen LogP contribution < -0.4 is 11.1 Å². The van der Waals surface area contributed by atoms with Gasteiger partial charge in [-0.1, -0.05) is 11.6 Å². The number of hydrogen-bond acceptors (Lipinski definition) is 5. The van der Waals surface area contributed by atoms with E-state index in [1.165, 1.54) is 12.3 Å². The molecular weight excluding hydrogens is 256 g/mol. The van der Waals surface area contributed by atoms with Gasteiger partial charge in [-0.15, -0.1) is 0 Å². The van der Waals surface area contributed by atoms with E-state index in [0.29, 0.717) is 0 Å². The number of pyridine rings is 1. The van der Waals surface area contributed by atoms with Crippen molar-refractivity contribution in [2.75, 3.05) is 5.32 Å². The van der Waals surface area contributed by atoms with Crippen LogP contribution in [0.4, 0.5) is 11.5 Å². The number of rotatable bonds is 3. The highest BCUT2D eigenvalue weighted by molar-refractivity contribution is 6.30. The van der Waals surface area contributed by atoms with Crippen molar-refractivity contribution in [2.24, 2.45) is 5.73 Å². The molecule has 0 unspecified atom stereocenters. The van der Waals surface area contributed by atoms with Crippen LogP contribution in [-0.4, -0.2) is 22.0 Å². The number of nitrogens with two attached hydrogens (primary N) is 1. The van der Waals surface area contributed by atoms with Crippen LogP contribution in [0.15, 0.2) is 12.3 Å². The average molecular weight is 271 g/mol. The third-order valence-corrected chi connectivity index (χ3v) is 3.35. The van der Waals surface area contributed by atoms with E-state index in [1.54, 1.807) is 0 Å². The minimum absolute atomic E-state index is 0.0858. The molecule has 0 aliphatic heterocycles. The number of halogens is 1. The molecule has 0 saturated heterocycles.